The van der Waals surface area contributed by atoms with Gasteiger partial charge < -0.3 is 47.7 Å². The zero-order chi connectivity index (χ0) is 30.7. The van der Waals surface area contributed by atoms with E-state index in [1.165, 1.54) is 25.7 Å². The van der Waals surface area contributed by atoms with E-state index < -0.39 is 10.4 Å². The lowest BCUT2D eigenvalue weighted by atomic mass is 10.0. The van der Waals surface area contributed by atoms with Gasteiger partial charge in [0.25, 0.3) is 0 Å². The van der Waals surface area contributed by atoms with Crippen LogP contribution in [0, 0.1) is 5.92 Å². The highest BCUT2D eigenvalue weighted by Gasteiger charge is 2.05. The first kappa shape index (κ1) is 42.6. The van der Waals surface area contributed by atoms with E-state index in [2.05, 4.69) is 13.8 Å². The van der Waals surface area contributed by atoms with Gasteiger partial charge in [-0.05, 0) is 12.3 Å². The van der Waals surface area contributed by atoms with Gasteiger partial charge in [-0.2, -0.15) is 8.42 Å². The molecule has 0 spiro atoms. The van der Waals surface area contributed by atoms with E-state index in [1.54, 1.807) is 0 Å². The first-order chi connectivity index (χ1) is 19.8. The average Bonchev–Trinajstić information content (AvgIpc) is 2.93. The maximum atomic E-state index is 8.74. The molecular formula is C26H56O14S. The zero-order valence-electron chi connectivity index (χ0n) is 25.1. The molecular weight excluding hydrogens is 568 g/mol. The Morgan fingerprint density at radius 3 is 1.02 bits per heavy atom. The van der Waals surface area contributed by atoms with Crippen LogP contribution in [0.4, 0.5) is 0 Å². The first-order valence-electron chi connectivity index (χ1n) is 14.3. The van der Waals surface area contributed by atoms with Crippen LogP contribution in [0.1, 0.15) is 39.5 Å². The van der Waals surface area contributed by atoms with Gasteiger partial charge in [-0.1, -0.05) is 33.1 Å². The third-order valence-corrected chi connectivity index (χ3v) is 5.11. The third kappa shape index (κ3) is 46.6. The minimum absolute atomic E-state index is 0.0320. The fraction of sp³-hybridized carbons (Fsp3) is 1.00. The second-order valence-corrected chi connectivity index (χ2v) is 9.46. The van der Waals surface area contributed by atoms with Crippen molar-refractivity contribution >= 4 is 10.4 Å². The predicted molar refractivity (Wildman–Crippen MR) is 152 cm³/mol. The molecule has 0 saturated heterocycles. The Bertz CT molecular complexity index is 575. The van der Waals surface area contributed by atoms with Crippen LogP contribution in [-0.4, -0.2) is 148 Å². The minimum Gasteiger partial charge on any atom is -0.394 e. The summed E-state index contributed by atoms with van der Waals surface area (Å²) >= 11 is 0. The molecule has 0 aliphatic carbocycles. The molecule has 15 heteroatoms. The Morgan fingerprint density at radius 2 is 0.780 bits per heavy atom. The minimum atomic E-state index is -4.67. The molecule has 14 nitrogen and oxygen atoms in total. The first-order valence-corrected chi connectivity index (χ1v) is 15.7. The van der Waals surface area contributed by atoms with E-state index in [4.69, 9.17) is 65.3 Å². The molecule has 0 aromatic heterocycles. The van der Waals surface area contributed by atoms with Gasteiger partial charge in [-0.25, -0.2) is 0 Å². The van der Waals surface area contributed by atoms with E-state index in [9.17, 15) is 0 Å². The Hall–Kier alpha value is -0.530. The highest BCUT2D eigenvalue weighted by atomic mass is 32.3. The van der Waals surface area contributed by atoms with Crippen molar-refractivity contribution in [2.75, 3.05) is 126 Å². The quantitative estimate of drug-likeness (QED) is 0.0727. The summed E-state index contributed by atoms with van der Waals surface area (Å²) in [6, 6.07) is 0. The molecule has 0 aromatic carbocycles. The molecule has 41 heavy (non-hydrogen) atoms. The highest BCUT2D eigenvalue weighted by molar-refractivity contribution is 7.79. The highest BCUT2D eigenvalue weighted by Crippen LogP contribution is 2.12. The van der Waals surface area contributed by atoms with Crippen LogP contribution >= 0.6 is 0 Å². The molecule has 1 atom stereocenters. The fourth-order valence-electron chi connectivity index (χ4n) is 2.97. The van der Waals surface area contributed by atoms with Crippen molar-refractivity contribution in [3.05, 3.63) is 0 Å². The summed E-state index contributed by atoms with van der Waals surface area (Å²) < 4.78 is 80.5. The van der Waals surface area contributed by atoms with E-state index >= 15 is 0 Å². The van der Waals surface area contributed by atoms with Crippen molar-refractivity contribution in [3.63, 3.8) is 0 Å². The Morgan fingerprint density at radius 1 is 0.512 bits per heavy atom. The van der Waals surface area contributed by atoms with Crippen LogP contribution in [0.15, 0.2) is 0 Å². The molecule has 0 saturated carbocycles. The lowest BCUT2D eigenvalue weighted by Gasteiger charge is -2.14. The summed E-state index contributed by atoms with van der Waals surface area (Å²) in [5, 5.41) is 8.56. The number of hydrogen-bond acceptors (Lipinski definition) is 12. The largest absolute Gasteiger partial charge is 0.394 e. The lowest BCUT2D eigenvalue weighted by Crippen LogP contribution is -2.15. The van der Waals surface area contributed by atoms with Crippen molar-refractivity contribution in [2.24, 2.45) is 5.92 Å². The van der Waals surface area contributed by atoms with E-state index in [-0.39, 0.29) is 6.61 Å². The van der Waals surface area contributed by atoms with Gasteiger partial charge in [0.1, 0.15) is 0 Å². The standard InChI is InChI=1S/C26H54O10.H2O4S/c1-3-5-6-26(4-2)25-36-24-23-35-22-21-34-20-19-33-18-17-32-16-15-31-14-13-30-12-11-29-10-9-28-8-7-27;1-5(2,3)4/h26-27H,3-25H2,1-2H3;(H2,1,2,3,4). The molecule has 0 fully saturated rings. The number of aliphatic hydroxyl groups is 1. The van der Waals surface area contributed by atoms with Gasteiger partial charge in [0.05, 0.1) is 119 Å². The summed E-state index contributed by atoms with van der Waals surface area (Å²) in [6.45, 7) is 14.3. The third-order valence-electron chi connectivity index (χ3n) is 5.11. The van der Waals surface area contributed by atoms with Gasteiger partial charge in [0.2, 0.25) is 0 Å². The van der Waals surface area contributed by atoms with E-state index in [0.717, 1.165) is 6.61 Å². The molecule has 0 radical (unpaired) electrons. The SMILES string of the molecule is CCCCC(CC)COCCOCCOCCOCCOCCOCCOCCOCCOCCO.O=S(=O)(O)O. The number of hydrogen-bond donors (Lipinski definition) is 3. The molecule has 0 amide bonds. The van der Waals surface area contributed by atoms with Crippen molar-refractivity contribution in [1.82, 2.24) is 0 Å². The summed E-state index contributed by atoms with van der Waals surface area (Å²) in [4.78, 5) is 0. The summed E-state index contributed by atoms with van der Waals surface area (Å²) in [5.41, 5.74) is 0. The smallest absolute Gasteiger partial charge is 0.394 e. The van der Waals surface area contributed by atoms with Crippen LogP contribution in [0.25, 0.3) is 0 Å². The van der Waals surface area contributed by atoms with Crippen LogP contribution < -0.4 is 0 Å². The number of ether oxygens (including phenoxy) is 9. The van der Waals surface area contributed by atoms with Crippen molar-refractivity contribution in [2.45, 2.75) is 39.5 Å². The molecule has 3 N–H and O–H groups in total. The van der Waals surface area contributed by atoms with Crippen molar-refractivity contribution in [1.29, 1.82) is 0 Å². The fourth-order valence-corrected chi connectivity index (χ4v) is 2.97. The van der Waals surface area contributed by atoms with Gasteiger partial charge in [-0.15, -0.1) is 0 Å². The van der Waals surface area contributed by atoms with Gasteiger partial charge in [0.15, 0.2) is 0 Å². The van der Waals surface area contributed by atoms with Crippen LogP contribution in [0.3, 0.4) is 0 Å². The van der Waals surface area contributed by atoms with Crippen LogP contribution in [-0.2, 0) is 53.0 Å². The van der Waals surface area contributed by atoms with Gasteiger partial charge in [-0.3, -0.25) is 9.11 Å². The maximum Gasteiger partial charge on any atom is 0.394 e. The molecule has 250 valence electrons. The Balaban J connectivity index is 0. The number of rotatable bonds is 32. The van der Waals surface area contributed by atoms with E-state index in [0.29, 0.717) is 118 Å². The topological polar surface area (TPSA) is 178 Å². The van der Waals surface area contributed by atoms with E-state index in [1.807, 2.05) is 0 Å². The van der Waals surface area contributed by atoms with Crippen LogP contribution in [0.5, 0.6) is 0 Å². The monoisotopic (exact) mass is 624 g/mol. The second kappa shape index (κ2) is 35.7. The number of unbranched alkanes of at least 4 members (excludes halogenated alkanes) is 1. The normalized spacial score (nSPS) is 12.3. The van der Waals surface area contributed by atoms with Gasteiger partial charge in [0, 0.05) is 6.61 Å². The Kier molecular flexibility index (Phi) is 37.1. The van der Waals surface area contributed by atoms with Crippen molar-refractivity contribution < 1.29 is 65.3 Å². The summed E-state index contributed by atoms with van der Waals surface area (Å²) in [6.07, 6.45) is 4.96. The number of aliphatic hydroxyl groups excluding tert-OH is 1. The summed E-state index contributed by atoms with van der Waals surface area (Å²) in [5.74, 6) is 0.671. The average molecular weight is 625 g/mol. The molecule has 0 aliphatic heterocycles. The van der Waals surface area contributed by atoms with Gasteiger partial charge >= 0.3 is 10.4 Å². The van der Waals surface area contributed by atoms with Crippen LogP contribution in [0.2, 0.25) is 0 Å². The lowest BCUT2D eigenvalue weighted by molar-refractivity contribution is -0.0261. The molecule has 0 heterocycles. The molecule has 0 aliphatic rings. The molecule has 0 bridgehead atoms. The Labute approximate surface area is 246 Å². The zero-order valence-corrected chi connectivity index (χ0v) is 25.9. The maximum absolute atomic E-state index is 8.74. The van der Waals surface area contributed by atoms with Crippen molar-refractivity contribution in [3.8, 4) is 0 Å². The summed E-state index contributed by atoms with van der Waals surface area (Å²) in [7, 11) is -4.67. The predicted octanol–water partition coefficient (Wildman–Crippen LogP) is 1.69. The molecule has 1 unspecified atom stereocenters. The second-order valence-electron chi connectivity index (χ2n) is 8.56. The molecule has 0 aromatic rings. The molecule has 0 rings (SSSR count).